The second-order valence-corrected chi connectivity index (χ2v) is 7.34. The maximum atomic E-state index is 12.5. The fraction of sp³-hybridized carbons (Fsp3) is 0.421. The Labute approximate surface area is 151 Å². The van der Waals surface area contributed by atoms with Gasteiger partial charge in [0.05, 0.1) is 30.8 Å². The van der Waals surface area contributed by atoms with Crippen molar-refractivity contribution in [3.63, 3.8) is 0 Å². The molecule has 0 spiro atoms. The van der Waals surface area contributed by atoms with Gasteiger partial charge in [-0.05, 0) is 45.4 Å². The average molecular weight is 355 g/mol. The number of rotatable bonds is 1. The predicted molar refractivity (Wildman–Crippen MR) is 96.0 cm³/mol. The molecule has 2 heterocycles. The average Bonchev–Trinajstić information content (AvgIpc) is 2.91. The number of carbonyl (C=O) groups excluding carboxylic acids is 1. The number of aromatic nitrogens is 1. The summed E-state index contributed by atoms with van der Waals surface area (Å²) in [6.45, 7) is 7.44. The highest BCUT2D eigenvalue weighted by Crippen LogP contribution is 2.38. The molecule has 0 saturated carbocycles. The van der Waals surface area contributed by atoms with E-state index in [0.717, 1.165) is 10.9 Å². The Bertz CT molecular complexity index is 995. The summed E-state index contributed by atoms with van der Waals surface area (Å²) in [4.78, 5) is 29.4. The van der Waals surface area contributed by atoms with E-state index in [1.165, 1.54) is 12.0 Å². The molecule has 0 fully saturated rings. The third-order valence-electron chi connectivity index (χ3n) is 4.44. The SMILES string of the molecule is COc1cc2c3c(c(=O)[nH]c2cc1C#N)CN(C(=O)OC(C)(C)C)[C@H]3C. The van der Waals surface area contributed by atoms with E-state index in [-0.39, 0.29) is 18.1 Å². The molecule has 1 N–H and O–H groups in total. The van der Waals surface area contributed by atoms with Gasteiger partial charge in [-0.25, -0.2) is 4.79 Å². The van der Waals surface area contributed by atoms with Crippen molar-refractivity contribution in [2.75, 3.05) is 7.11 Å². The van der Waals surface area contributed by atoms with Gasteiger partial charge in [-0.1, -0.05) is 0 Å². The van der Waals surface area contributed by atoms with Gasteiger partial charge in [-0.3, -0.25) is 9.69 Å². The summed E-state index contributed by atoms with van der Waals surface area (Å²) < 4.78 is 10.8. The molecule has 26 heavy (non-hydrogen) atoms. The maximum absolute atomic E-state index is 12.5. The molecular weight excluding hydrogens is 334 g/mol. The quantitative estimate of drug-likeness (QED) is 0.847. The number of benzene rings is 1. The van der Waals surface area contributed by atoms with E-state index in [4.69, 9.17) is 9.47 Å². The third-order valence-corrected chi connectivity index (χ3v) is 4.44. The lowest BCUT2D eigenvalue weighted by Crippen LogP contribution is -2.35. The monoisotopic (exact) mass is 355 g/mol. The number of nitrogens with zero attached hydrogens (tertiary/aromatic N) is 2. The summed E-state index contributed by atoms with van der Waals surface area (Å²) in [6.07, 6.45) is -0.464. The van der Waals surface area contributed by atoms with E-state index in [9.17, 15) is 14.9 Å². The number of ether oxygens (including phenoxy) is 2. The number of nitriles is 1. The predicted octanol–water partition coefficient (Wildman–Crippen LogP) is 3.22. The van der Waals surface area contributed by atoms with Crippen LogP contribution in [0.1, 0.15) is 50.4 Å². The second-order valence-electron chi connectivity index (χ2n) is 7.34. The first kappa shape index (κ1) is 17.8. The lowest BCUT2D eigenvalue weighted by atomic mass is 9.99. The minimum atomic E-state index is -0.620. The fourth-order valence-electron chi connectivity index (χ4n) is 3.29. The highest BCUT2D eigenvalue weighted by molar-refractivity contribution is 5.88. The van der Waals surface area contributed by atoms with Crippen molar-refractivity contribution in [3.05, 3.63) is 39.2 Å². The number of aromatic amines is 1. The van der Waals surface area contributed by atoms with Gasteiger partial charge in [0.2, 0.25) is 0 Å². The van der Waals surface area contributed by atoms with Gasteiger partial charge < -0.3 is 14.5 Å². The number of fused-ring (bicyclic) bond motifs is 3. The van der Waals surface area contributed by atoms with Crippen molar-refractivity contribution >= 4 is 17.0 Å². The van der Waals surface area contributed by atoms with Crippen molar-refractivity contribution in [1.29, 1.82) is 5.26 Å². The highest BCUT2D eigenvalue weighted by atomic mass is 16.6. The first-order valence-corrected chi connectivity index (χ1v) is 8.32. The van der Waals surface area contributed by atoms with E-state index in [0.29, 0.717) is 22.4 Å². The molecule has 0 unspecified atom stereocenters. The Balaban J connectivity index is 2.15. The van der Waals surface area contributed by atoms with Crippen LogP contribution in [0.25, 0.3) is 10.9 Å². The summed E-state index contributed by atoms with van der Waals surface area (Å²) in [7, 11) is 1.49. The molecule has 0 radical (unpaired) electrons. The summed E-state index contributed by atoms with van der Waals surface area (Å²) in [5.74, 6) is 0.428. The van der Waals surface area contributed by atoms with Crippen molar-refractivity contribution in [3.8, 4) is 11.8 Å². The minimum absolute atomic E-state index is 0.180. The van der Waals surface area contributed by atoms with Crippen molar-refractivity contribution in [2.45, 2.75) is 45.9 Å². The zero-order valence-electron chi connectivity index (χ0n) is 15.5. The third kappa shape index (κ3) is 2.88. The summed E-state index contributed by atoms with van der Waals surface area (Å²) in [5, 5.41) is 10.0. The molecule has 7 heteroatoms. The van der Waals surface area contributed by atoms with E-state index < -0.39 is 11.7 Å². The zero-order chi connectivity index (χ0) is 19.2. The van der Waals surface area contributed by atoms with E-state index in [1.54, 1.807) is 32.9 Å². The number of pyridine rings is 1. The van der Waals surface area contributed by atoms with Crippen LogP contribution in [0.4, 0.5) is 4.79 Å². The van der Waals surface area contributed by atoms with E-state index >= 15 is 0 Å². The number of hydrogen-bond donors (Lipinski definition) is 1. The molecule has 1 amide bonds. The topological polar surface area (TPSA) is 95.4 Å². The molecule has 1 aromatic heterocycles. The van der Waals surface area contributed by atoms with Gasteiger partial charge in [0.1, 0.15) is 17.4 Å². The van der Waals surface area contributed by atoms with Crippen LogP contribution in [-0.4, -0.2) is 28.7 Å². The minimum Gasteiger partial charge on any atom is -0.495 e. The standard InChI is InChI=1S/C19H21N3O4/c1-10-16-12-7-15(25-5)11(8-20)6-14(12)21-17(23)13(16)9-22(10)18(24)26-19(2,3)4/h6-7,10H,9H2,1-5H3,(H,21,23)/t10-/m0/s1. The van der Waals surface area contributed by atoms with Crippen LogP contribution in [0.15, 0.2) is 16.9 Å². The van der Waals surface area contributed by atoms with Gasteiger partial charge in [-0.15, -0.1) is 0 Å². The van der Waals surface area contributed by atoms with Crippen LogP contribution < -0.4 is 10.3 Å². The number of carbonyl (C=O) groups is 1. The first-order valence-electron chi connectivity index (χ1n) is 8.32. The van der Waals surface area contributed by atoms with Crippen LogP contribution in [-0.2, 0) is 11.3 Å². The normalized spacial score (nSPS) is 16.3. The van der Waals surface area contributed by atoms with E-state index in [2.05, 4.69) is 11.1 Å². The Morgan fingerprint density at radius 1 is 1.38 bits per heavy atom. The van der Waals surface area contributed by atoms with Crippen LogP contribution in [0.3, 0.4) is 0 Å². The lowest BCUT2D eigenvalue weighted by Gasteiger charge is -2.27. The van der Waals surface area contributed by atoms with Gasteiger partial charge >= 0.3 is 6.09 Å². The summed E-state index contributed by atoms with van der Waals surface area (Å²) >= 11 is 0. The molecule has 0 bridgehead atoms. The second kappa shape index (κ2) is 6.06. The highest BCUT2D eigenvalue weighted by Gasteiger charge is 2.36. The molecular formula is C19H21N3O4. The van der Waals surface area contributed by atoms with Crippen LogP contribution in [0.2, 0.25) is 0 Å². The van der Waals surface area contributed by atoms with Gasteiger partial charge in [-0.2, -0.15) is 5.26 Å². The molecule has 136 valence electrons. The molecule has 1 aliphatic heterocycles. The maximum Gasteiger partial charge on any atom is 0.411 e. The van der Waals surface area contributed by atoms with Gasteiger partial charge in [0.15, 0.2) is 0 Å². The van der Waals surface area contributed by atoms with Crippen molar-refractivity contribution < 1.29 is 14.3 Å². The number of hydrogen-bond acceptors (Lipinski definition) is 5. The van der Waals surface area contributed by atoms with Crippen molar-refractivity contribution in [1.82, 2.24) is 9.88 Å². The Morgan fingerprint density at radius 2 is 2.08 bits per heavy atom. The van der Waals surface area contributed by atoms with Crippen LogP contribution in [0.5, 0.6) is 5.75 Å². The number of methoxy groups -OCH3 is 1. The molecule has 1 atom stereocenters. The van der Waals surface area contributed by atoms with E-state index in [1.807, 2.05) is 6.92 Å². The van der Waals surface area contributed by atoms with Crippen molar-refractivity contribution in [2.24, 2.45) is 0 Å². The van der Waals surface area contributed by atoms with Crippen LogP contribution >= 0.6 is 0 Å². The number of nitrogens with one attached hydrogen (secondary N) is 1. The van der Waals surface area contributed by atoms with Gasteiger partial charge in [0, 0.05) is 10.9 Å². The lowest BCUT2D eigenvalue weighted by molar-refractivity contribution is 0.0188. The molecule has 0 saturated heterocycles. The molecule has 0 aliphatic carbocycles. The molecule has 7 nitrogen and oxygen atoms in total. The summed E-state index contributed by atoms with van der Waals surface area (Å²) in [5.41, 5.74) is 1.29. The number of H-pyrrole nitrogens is 1. The Hall–Kier alpha value is -3.01. The zero-order valence-corrected chi connectivity index (χ0v) is 15.5. The molecule has 2 aromatic rings. The number of amides is 1. The molecule has 3 rings (SSSR count). The van der Waals surface area contributed by atoms with Crippen LogP contribution in [0, 0.1) is 11.3 Å². The fourth-order valence-corrected chi connectivity index (χ4v) is 3.29. The smallest absolute Gasteiger partial charge is 0.411 e. The molecule has 1 aromatic carbocycles. The Morgan fingerprint density at radius 3 is 2.65 bits per heavy atom. The Kier molecular flexibility index (Phi) is 4.15. The van der Waals surface area contributed by atoms with Gasteiger partial charge in [0.25, 0.3) is 5.56 Å². The largest absolute Gasteiger partial charge is 0.495 e. The summed E-state index contributed by atoms with van der Waals surface area (Å²) in [6, 6.07) is 5.06. The molecule has 1 aliphatic rings. The first-order chi connectivity index (χ1) is 12.2.